The molecule has 0 aliphatic heterocycles. The Labute approximate surface area is 172 Å². The summed E-state index contributed by atoms with van der Waals surface area (Å²) < 4.78 is 6.82. The molecule has 1 amide bonds. The summed E-state index contributed by atoms with van der Waals surface area (Å²) >= 11 is 0. The molecule has 0 spiro atoms. The molecule has 154 valence electrons. The summed E-state index contributed by atoms with van der Waals surface area (Å²) in [6, 6.07) is 15.1. The van der Waals surface area contributed by atoms with E-state index in [2.05, 4.69) is 10.4 Å². The van der Waals surface area contributed by atoms with Gasteiger partial charge in [0.1, 0.15) is 0 Å². The number of rotatable bonds is 7. The highest BCUT2D eigenvalue weighted by Crippen LogP contribution is 2.19. The molecule has 0 radical (unpaired) electrons. The number of anilines is 1. The van der Waals surface area contributed by atoms with Crippen LogP contribution >= 0.6 is 0 Å². The number of non-ortho nitro benzene ring substituents is 1. The van der Waals surface area contributed by atoms with Gasteiger partial charge < -0.3 is 10.1 Å². The summed E-state index contributed by atoms with van der Waals surface area (Å²) in [6.45, 7) is 3.18. The number of nitro benzene ring substituents is 1. The molecule has 3 aromatic rings. The predicted octanol–water partition coefficient (Wildman–Crippen LogP) is 3.12. The van der Waals surface area contributed by atoms with Gasteiger partial charge in [0.2, 0.25) is 0 Å². The van der Waals surface area contributed by atoms with Gasteiger partial charge in [-0.1, -0.05) is 24.3 Å². The second kappa shape index (κ2) is 8.99. The number of esters is 1. The zero-order valence-electron chi connectivity index (χ0n) is 16.5. The molecule has 1 N–H and O–H groups in total. The normalized spacial score (nSPS) is 10.5. The molecule has 1 aromatic heterocycles. The number of hydrogen-bond donors (Lipinski definition) is 1. The summed E-state index contributed by atoms with van der Waals surface area (Å²) in [5.41, 5.74) is 3.25. The molecular formula is C21H20N4O5. The Bertz CT molecular complexity index is 1090. The van der Waals surface area contributed by atoms with Crippen molar-refractivity contribution >= 4 is 23.3 Å². The van der Waals surface area contributed by atoms with Gasteiger partial charge in [0.05, 0.1) is 22.7 Å². The highest BCUT2D eigenvalue weighted by molar-refractivity contribution is 5.93. The molecule has 0 saturated carbocycles. The SMILES string of the molecule is Cc1nn(-c2ccccc2)c(C)c1CC(=O)OCC(=O)Nc1cccc([N+](=O)[O-])c1. The van der Waals surface area contributed by atoms with E-state index < -0.39 is 23.4 Å². The maximum absolute atomic E-state index is 12.2. The number of para-hydroxylation sites is 1. The van der Waals surface area contributed by atoms with Crippen LogP contribution in [0.5, 0.6) is 0 Å². The van der Waals surface area contributed by atoms with E-state index >= 15 is 0 Å². The summed E-state index contributed by atoms with van der Waals surface area (Å²) in [6.07, 6.45) is -0.0193. The van der Waals surface area contributed by atoms with Gasteiger partial charge in [-0.3, -0.25) is 19.7 Å². The zero-order chi connectivity index (χ0) is 21.7. The smallest absolute Gasteiger partial charge is 0.310 e. The third-order valence-corrected chi connectivity index (χ3v) is 4.47. The molecule has 30 heavy (non-hydrogen) atoms. The van der Waals surface area contributed by atoms with E-state index in [0.717, 1.165) is 16.9 Å². The molecule has 1 heterocycles. The van der Waals surface area contributed by atoms with Gasteiger partial charge in [0.25, 0.3) is 11.6 Å². The van der Waals surface area contributed by atoms with E-state index in [1.54, 1.807) is 4.68 Å². The molecule has 0 atom stereocenters. The Morgan fingerprint density at radius 2 is 1.87 bits per heavy atom. The first-order chi connectivity index (χ1) is 14.3. The second-order valence-corrected chi connectivity index (χ2v) is 6.59. The average Bonchev–Trinajstić information content (AvgIpc) is 3.01. The van der Waals surface area contributed by atoms with Crippen molar-refractivity contribution in [1.82, 2.24) is 9.78 Å². The summed E-state index contributed by atoms with van der Waals surface area (Å²) in [5.74, 6) is -1.15. The van der Waals surface area contributed by atoms with E-state index in [0.29, 0.717) is 5.69 Å². The molecule has 0 unspecified atom stereocenters. The van der Waals surface area contributed by atoms with Gasteiger partial charge in [-0.25, -0.2) is 4.68 Å². The monoisotopic (exact) mass is 408 g/mol. The van der Waals surface area contributed by atoms with Crippen LogP contribution in [0.4, 0.5) is 11.4 Å². The van der Waals surface area contributed by atoms with Crippen LogP contribution in [0.15, 0.2) is 54.6 Å². The Kier molecular flexibility index (Phi) is 6.21. The van der Waals surface area contributed by atoms with Crippen LogP contribution in [0.25, 0.3) is 5.69 Å². The van der Waals surface area contributed by atoms with Crippen molar-refractivity contribution in [3.05, 3.63) is 81.7 Å². The minimum atomic E-state index is -0.586. The van der Waals surface area contributed by atoms with Gasteiger partial charge in [0, 0.05) is 29.1 Å². The van der Waals surface area contributed by atoms with Crippen LogP contribution in [0, 0.1) is 24.0 Å². The maximum Gasteiger partial charge on any atom is 0.310 e. The molecule has 0 bridgehead atoms. The first-order valence-electron chi connectivity index (χ1n) is 9.15. The van der Waals surface area contributed by atoms with Crippen LogP contribution < -0.4 is 5.32 Å². The third-order valence-electron chi connectivity index (χ3n) is 4.47. The fourth-order valence-corrected chi connectivity index (χ4v) is 2.99. The molecule has 0 aliphatic rings. The van der Waals surface area contributed by atoms with Gasteiger partial charge >= 0.3 is 5.97 Å². The number of carbonyl (C=O) groups excluding carboxylic acids is 2. The van der Waals surface area contributed by atoms with Crippen molar-refractivity contribution in [2.75, 3.05) is 11.9 Å². The number of nitrogens with one attached hydrogen (secondary N) is 1. The topological polar surface area (TPSA) is 116 Å². The van der Waals surface area contributed by atoms with Crippen molar-refractivity contribution in [2.45, 2.75) is 20.3 Å². The molecular weight excluding hydrogens is 388 g/mol. The van der Waals surface area contributed by atoms with E-state index in [4.69, 9.17) is 4.74 Å². The van der Waals surface area contributed by atoms with Gasteiger partial charge in [-0.15, -0.1) is 0 Å². The number of nitro groups is 1. The lowest BCUT2D eigenvalue weighted by Crippen LogP contribution is -2.21. The summed E-state index contributed by atoms with van der Waals surface area (Å²) in [5, 5.41) is 17.7. The fourth-order valence-electron chi connectivity index (χ4n) is 2.99. The Hall–Kier alpha value is -4.01. The zero-order valence-corrected chi connectivity index (χ0v) is 16.5. The first kappa shape index (κ1) is 20.7. The predicted molar refractivity (Wildman–Crippen MR) is 109 cm³/mol. The lowest BCUT2D eigenvalue weighted by Gasteiger charge is -2.07. The minimum absolute atomic E-state index is 0.0193. The first-order valence-corrected chi connectivity index (χ1v) is 9.15. The van der Waals surface area contributed by atoms with Gasteiger partial charge in [0.15, 0.2) is 6.61 Å². The van der Waals surface area contributed by atoms with Crippen LogP contribution in [-0.2, 0) is 20.7 Å². The Balaban J connectivity index is 1.59. The number of amides is 1. The quantitative estimate of drug-likeness (QED) is 0.365. The van der Waals surface area contributed by atoms with Gasteiger partial charge in [-0.2, -0.15) is 5.10 Å². The number of ether oxygens (including phenoxy) is 1. The number of hydrogen-bond acceptors (Lipinski definition) is 6. The van der Waals surface area contributed by atoms with Crippen LogP contribution in [0.3, 0.4) is 0 Å². The molecule has 0 saturated heterocycles. The number of benzene rings is 2. The number of aryl methyl sites for hydroxylation is 1. The highest BCUT2D eigenvalue weighted by Gasteiger charge is 2.17. The van der Waals surface area contributed by atoms with Gasteiger partial charge in [-0.05, 0) is 32.0 Å². The fraction of sp³-hybridized carbons (Fsp3) is 0.190. The van der Waals surface area contributed by atoms with Crippen molar-refractivity contribution in [1.29, 1.82) is 0 Å². The summed E-state index contributed by atoms with van der Waals surface area (Å²) in [7, 11) is 0. The number of carbonyl (C=O) groups is 2. The number of aromatic nitrogens is 2. The molecule has 9 heteroatoms. The van der Waals surface area contributed by atoms with Crippen molar-refractivity contribution in [3.63, 3.8) is 0 Å². The lowest BCUT2D eigenvalue weighted by atomic mass is 10.1. The molecule has 0 aliphatic carbocycles. The van der Waals surface area contributed by atoms with E-state index in [-0.39, 0.29) is 17.8 Å². The van der Waals surface area contributed by atoms with Crippen LogP contribution in [-0.4, -0.2) is 33.2 Å². The molecule has 2 aromatic carbocycles. The maximum atomic E-state index is 12.2. The second-order valence-electron chi connectivity index (χ2n) is 6.59. The van der Waals surface area contributed by atoms with Crippen molar-refractivity contribution in [3.8, 4) is 5.69 Å². The lowest BCUT2D eigenvalue weighted by molar-refractivity contribution is -0.384. The Morgan fingerprint density at radius 1 is 1.13 bits per heavy atom. The number of nitrogens with zero attached hydrogens (tertiary/aromatic N) is 3. The largest absolute Gasteiger partial charge is 0.455 e. The standard InChI is InChI=1S/C21H20N4O5/c1-14-19(15(2)24(23-14)17-8-4-3-5-9-17)12-21(27)30-13-20(26)22-16-7-6-10-18(11-16)25(28)29/h3-11H,12-13H2,1-2H3,(H,22,26). The Morgan fingerprint density at radius 3 is 2.57 bits per heavy atom. The molecule has 9 nitrogen and oxygen atoms in total. The van der Waals surface area contributed by atoms with E-state index in [1.165, 1.54) is 24.3 Å². The van der Waals surface area contributed by atoms with Crippen LogP contribution in [0.2, 0.25) is 0 Å². The average molecular weight is 408 g/mol. The summed E-state index contributed by atoms with van der Waals surface area (Å²) in [4.78, 5) is 34.5. The van der Waals surface area contributed by atoms with E-state index in [9.17, 15) is 19.7 Å². The third kappa shape index (κ3) is 4.88. The van der Waals surface area contributed by atoms with Crippen molar-refractivity contribution < 1.29 is 19.2 Å². The molecule has 0 fully saturated rings. The highest BCUT2D eigenvalue weighted by atomic mass is 16.6. The van der Waals surface area contributed by atoms with E-state index in [1.807, 2.05) is 44.2 Å². The minimum Gasteiger partial charge on any atom is -0.455 e. The van der Waals surface area contributed by atoms with Crippen LogP contribution in [0.1, 0.15) is 17.0 Å². The molecule has 3 rings (SSSR count). The van der Waals surface area contributed by atoms with Crippen molar-refractivity contribution in [2.24, 2.45) is 0 Å².